The monoisotopic (exact) mass is 292 g/mol. The molecule has 21 heavy (non-hydrogen) atoms. The summed E-state index contributed by atoms with van der Waals surface area (Å²) in [6.45, 7) is 3.07. The number of piperazine rings is 1. The molecular formula is C15H20N2O4. The van der Waals surface area contributed by atoms with Crippen LogP contribution in [0.5, 0.6) is 17.2 Å². The van der Waals surface area contributed by atoms with Gasteiger partial charge >= 0.3 is 0 Å². The van der Waals surface area contributed by atoms with Crippen molar-refractivity contribution in [2.45, 2.75) is 0 Å². The van der Waals surface area contributed by atoms with Gasteiger partial charge in [0.1, 0.15) is 0 Å². The highest BCUT2D eigenvalue weighted by Gasteiger charge is 2.14. The molecule has 0 aliphatic carbocycles. The topological polar surface area (TPSA) is 71.0 Å². The Kier molecular flexibility index (Phi) is 5.05. The first-order valence-corrected chi connectivity index (χ1v) is 6.78. The molecule has 1 aliphatic rings. The highest BCUT2D eigenvalue weighted by atomic mass is 16.5. The fraction of sp³-hybridized carbons (Fsp3) is 0.400. The van der Waals surface area contributed by atoms with Crippen molar-refractivity contribution in [3.63, 3.8) is 0 Å². The number of ether oxygens (including phenoxy) is 2. The van der Waals surface area contributed by atoms with E-state index >= 15 is 0 Å². The molecule has 0 aromatic heterocycles. The Morgan fingerprint density at radius 1 is 1.24 bits per heavy atom. The second-order valence-corrected chi connectivity index (χ2v) is 4.68. The Balaban J connectivity index is 2.14. The predicted octanol–water partition coefficient (Wildman–Crippen LogP) is 0.854. The van der Waals surface area contributed by atoms with Crippen molar-refractivity contribution >= 4 is 12.0 Å². The zero-order valence-electron chi connectivity index (χ0n) is 12.3. The number of nitrogens with one attached hydrogen (secondary N) is 1. The van der Waals surface area contributed by atoms with Crippen LogP contribution in [-0.2, 0) is 4.79 Å². The van der Waals surface area contributed by atoms with E-state index in [-0.39, 0.29) is 11.7 Å². The molecule has 2 rings (SSSR count). The maximum absolute atomic E-state index is 12.0. The van der Waals surface area contributed by atoms with Crippen molar-refractivity contribution in [3.05, 3.63) is 23.8 Å². The highest BCUT2D eigenvalue weighted by Crippen LogP contribution is 2.37. The van der Waals surface area contributed by atoms with Crippen LogP contribution in [0.15, 0.2) is 18.2 Å². The van der Waals surface area contributed by atoms with Gasteiger partial charge in [-0.3, -0.25) is 4.79 Å². The van der Waals surface area contributed by atoms with Gasteiger partial charge in [-0.2, -0.15) is 0 Å². The van der Waals surface area contributed by atoms with Crippen molar-refractivity contribution < 1.29 is 19.4 Å². The molecule has 1 aromatic carbocycles. The van der Waals surface area contributed by atoms with E-state index in [2.05, 4.69) is 5.32 Å². The van der Waals surface area contributed by atoms with Gasteiger partial charge in [-0.05, 0) is 23.8 Å². The largest absolute Gasteiger partial charge is 0.502 e. The number of carbonyl (C=O) groups is 1. The molecule has 0 saturated carbocycles. The molecule has 1 fully saturated rings. The smallest absolute Gasteiger partial charge is 0.246 e. The van der Waals surface area contributed by atoms with E-state index in [9.17, 15) is 9.90 Å². The van der Waals surface area contributed by atoms with Gasteiger partial charge in [-0.15, -0.1) is 0 Å². The fourth-order valence-corrected chi connectivity index (χ4v) is 2.17. The number of benzene rings is 1. The number of phenols is 1. The third-order valence-corrected chi connectivity index (χ3v) is 3.35. The molecule has 114 valence electrons. The number of aromatic hydroxyl groups is 1. The Labute approximate surface area is 124 Å². The van der Waals surface area contributed by atoms with Gasteiger partial charge in [0.2, 0.25) is 11.7 Å². The number of hydrogen-bond acceptors (Lipinski definition) is 5. The van der Waals surface area contributed by atoms with E-state index in [0.29, 0.717) is 24.6 Å². The lowest BCUT2D eigenvalue weighted by Crippen LogP contribution is -2.45. The molecule has 0 radical (unpaired) electrons. The van der Waals surface area contributed by atoms with Crippen molar-refractivity contribution in [1.82, 2.24) is 10.2 Å². The van der Waals surface area contributed by atoms with Crippen molar-refractivity contribution in [1.29, 1.82) is 0 Å². The first-order chi connectivity index (χ1) is 10.2. The minimum atomic E-state index is -0.0504. The lowest BCUT2D eigenvalue weighted by atomic mass is 10.1. The summed E-state index contributed by atoms with van der Waals surface area (Å²) in [7, 11) is 2.93. The second-order valence-electron chi connectivity index (χ2n) is 4.68. The van der Waals surface area contributed by atoms with Crippen LogP contribution in [0.3, 0.4) is 0 Å². The Morgan fingerprint density at radius 3 is 2.33 bits per heavy atom. The number of phenolic OH excluding ortho intramolecular Hbond substituents is 1. The zero-order valence-corrected chi connectivity index (χ0v) is 12.3. The standard InChI is InChI=1S/C15H20N2O4/c1-20-12-9-11(10-13(21-2)15(12)19)3-4-14(18)17-7-5-16-6-8-17/h3-4,9-10,16,19H,5-8H2,1-2H3/b4-3+. The quantitative estimate of drug-likeness (QED) is 0.805. The molecule has 6 heteroatoms. The van der Waals surface area contributed by atoms with Gasteiger partial charge in [-0.1, -0.05) is 0 Å². The average Bonchev–Trinajstić information content (AvgIpc) is 2.54. The first-order valence-electron chi connectivity index (χ1n) is 6.78. The van der Waals surface area contributed by atoms with E-state index < -0.39 is 0 Å². The summed E-state index contributed by atoms with van der Waals surface area (Å²) in [6.07, 6.45) is 3.21. The molecule has 1 heterocycles. The summed E-state index contributed by atoms with van der Waals surface area (Å²) in [5.74, 6) is 0.542. The maximum Gasteiger partial charge on any atom is 0.246 e. The molecule has 1 saturated heterocycles. The predicted molar refractivity (Wildman–Crippen MR) is 79.7 cm³/mol. The lowest BCUT2D eigenvalue weighted by Gasteiger charge is -2.26. The van der Waals surface area contributed by atoms with Crippen molar-refractivity contribution in [2.24, 2.45) is 0 Å². The molecular weight excluding hydrogens is 272 g/mol. The summed E-state index contributed by atoms with van der Waals surface area (Å²) in [4.78, 5) is 13.8. The minimum absolute atomic E-state index is 0.0255. The first kappa shape index (κ1) is 15.2. The SMILES string of the molecule is COc1cc(/C=C/C(=O)N2CCNCC2)cc(OC)c1O. The van der Waals surface area contributed by atoms with Gasteiger partial charge in [-0.25, -0.2) is 0 Å². The van der Waals surface area contributed by atoms with Crippen LogP contribution in [0.4, 0.5) is 0 Å². The number of hydrogen-bond donors (Lipinski definition) is 2. The van der Waals surface area contributed by atoms with Gasteiger partial charge < -0.3 is 24.8 Å². The van der Waals surface area contributed by atoms with Crippen molar-refractivity contribution in [2.75, 3.05) is 40.4 Å². The molecule has 2 N–H and O–H groups in total. The van der Waals surface area contributed by atoms with Crippen molar-refractivity contribution in [3.8, 4) is 17.2 Å². The van der Waals surface area contributed by atoms with Crippen LogP contribution in [0, 0.1) is 0 Å². The van der Waals surface area contributed by atoms with Crippen LogP contribution in [0.2, 0.25) is 0 Å². The summed E-state index contributed by atoms with van der Waals surface area (Å²) in [5, 5.41) is 13.0. The third kappa shape index (κ3) is 3.66. The van der Waals surface area contributed by atoms with Crippen LogP contribution in [0.1, 0.15) is 5.56 Å². The molecule has 6 nitrogen and oxygen atoms in total. The van der Waals surface area contributed by atoms with Crippen LogP contribution in [-0.4, -0.2) is 56.3 Å². The Bertz CT molecular complexity index is 511. The second kappa shape index (κ2) is 6.99. The molecule has 0 atom stereocenters. The summed E-state index contributed by atoms with van der Waals surface area (Å²) in [6, 6.07) is 3.30. The summed E-state index contributed by atoms with van der Waals surface area (Å²) < 4.78 is 10.2. The van der Waals surface area contributed by atoms with Gasteiger partial charge in [0, 0.05) is 32.3 Å². The highest BCUT2D eigenvalue weighted by molar-refractivity contribution is 5.92. The molecule has 0 spiro atoms. The lowest BCUT2D eigenvalue weighted by molar-refractivity contribution is -0.126. The summed E-state index contributed by atoms with van der Waals surface area (Å²) >= 11 is 0. The third-order valence-electron chi connectivity index (χ3n) is 3.35. The van der Waals surface area contributed by atoms with E-state index in [4.69, 9.17) is 9.47 Å². The molecule has 0 bridgehead atoms. The van der Waals surface area contributed by atoms with E-state index in [0.717, 1.165) is 18.7 Å². The summed E-state index contributed by atoms with van der Waals surface area (Å²) in [5.41, 5.74) is 0.727. The molecule has 1 amide bonds. The Morgan fingerprint density at radius 2 is 1.81 bits per heavy atom. The number of amides is 1. The maximum atomic E-state index is 12.0. The Hall–Kier alpha value is -2.21. The van der Waals surface area contributed by atoms with Gasteiger partial charge in [0.05, 0.1) is 14.2 Å². The molecule has 1 aliphatic heterocycles. The normalized spacial score (nSPS) is 15.2. The van der Waals surface area contributed by atoms with Crippen LogP contribution in [0.25, 0.3) is 6.08 Å². The van der Waals surface area contributed by atoms with E-state index in [1.807, 2.05) is 0 Å². The number of nitrogens with zero attached hydrogens (tertiary/aromatic N) is 1. The van der Waals surface area contributed by atoms with E-state index in [1.165, 1.54) is 20.3 Å². The number of carbonyl (C=O) groups excluding carboxylic acids is 1. The zero-order chi connectivity index (χ0) is 15.2. The number of methoxy groups -OCH3 is 2. The van der Waals surface area contributed by atoms with E-state index in [1.54, 1.807) is 23.1 Å². The number of rotatable bonds is 4. The van der Waals surface area contributed by atoms with Gasteiger partial charge in [0.25, 0.3) is 0 Å². The molecule has 1 aromatic rings. The van der Waals surface area contributed by atoms with Crippen LogP contribution < -0.4 is 14.8 Å². The van der Waals surface area contributed by atoms with Gasteiger partial charge in [0.15, 0.2) is 11.5 Å². The molecule has 0 unspecified atom stereocenters. The average molecular weight is 292 g/mol. The fourth-order valence-electron chi connectivity index (χ4n) is 2.17. The minimum Gasteiger partial charge on any atom is -0.502 e. The van der Waals surface area contributed by atoms with Crippen LogP contribution >= 0.6 is 0 Å².